The van der Waals surface area contributed by atoms with E-state index in [4.69, 9.17) is 0 Å². The summed E-state index contributed by atoms with van der Waals surface area (Å²) < 4.78 is 55.1. The molecule has 4 rings (SSSR count). The molecule has 1 N–H and O–H groups in total. The number of aryl methyl sites for hydroxylation is 1. The number of nitrogens with one attached hydrogen (secondary N) is 1. The Morgan fingerprint density at radius 3 is 2.58 bits per heavy atom. The van der Waals surface area contributed by atoms with Crippen LogP contribution in [0.5, 0.6) is 0 Å². The molecule has 2 amide bonds. The van der Waals surface area contributed by atoms with Gasteiger partial charge in [-0.15, -0.1) is 11.3 Å². The first-order valence-corrected chi connectivity index (χ1v) is 10.8. The molecule has 174 valence electrons. The maximum absolute atomic E-state index is 13.7. The normalized spacial score (nSPS) is 15.6. The molecule has 33 heavy (non-hydrogen) atoms. The minimum atomic E-state index is -2.96. The zero-order valence-corrected chi connectivity index (χ0v) is 18.1. The molecule has 0 spiro atoms. The van der Waals surface area contributed by atoms with Crippen LogP contribution in [0, 0.1) is 18.6 Å². The van der Waals surface area contributed by atoms with Crippen LogP contribution in [0.3, 0.4) is 0 Å². The summed E-state index contributed by atoms with van der Waals surface area (Å²) >= 11 is 0.929. The number of alkyl halides is 2. The molecular formula is C21H18F4N4O3S. The minimum absolute atomic E-state index is 0.110. The minimum Gasteiger partial charge on any atom is -0.332 e. The molecule has 2 aromatic heterocycles. The lowest BCUT2D eigenvalue weighted by Crippen LogP contribution is -2.45. The average molecular weight is 482 g/mol. The zero-order valence-electron chi connectivity index (χ0n) is 17.3. The molecular weight excluding hydrogens is 464 g/mol. The molecule has 1 aliphatic rings. The highest BCUT2D eigenvalue weighted by Crippen LogP contribution is 2.32. The van der Waals surface area contributed by atoms with Gasteiger partial charge in [0, 0.05) is 24.7 Å². The van der Waals surface area contributed by atoms with Crippen molar-refractivity contribution < 1.29 is 27.2 Å². The van der Waals surface area contributed by atoms with Crippen LogP contribution in [-0.2, 0) is 11.3 Å². The first-order chi connectivity index (χ1) is 15.5. The summed E-state index contributed by atoms with van der Waals surface area (Å²) in [6, 6.07) is 2.51. The quantitative estimate of drug-likeness (QED) is 0.577. The number of rotatable bonds is 4. The highest BCUT2D eigenvalue weighted by Gasteiger charge is 2.38. The van der Waals surface area contributed by atoms with Gasteiger partial charge >= 0.3 is 0 Å². The van der Waals surface area contributed by atoms with Crippen molar-refractivity contribution in [1.82, 2.24) is 14.5 Å². The third-order valence-corrected chi connectivity index (χ3v) is 6.44. The van der Waals surface area contributed by atoms with E-state index in [0.717, 1.165) is 39.3 Å². The average Bonchev–Trinajstić information content (AvgIpc) is 3.05. The monoisotopic (exact) mass is 482 g/mol. The van der Waals surface area contributed by atoms with E-state index < -0.39 is 48.0 Å². The van der Waals surface area contributed by atoms with Gasteiger partial charge in [-0.3, -0.25) is 19.0 Å². The fraction of sp³-hybridized carbons (Fsp3) is 0.333. The molecule has 1 fully saturated rings. The number of hydrogen-bond acceptors (Lipinski definition) is 5. The lowest BCUT2D eigenvalue weighted by molar-refractivity contribution is -0.116. The Morgan fingerprint density at radius 2 is 1.91 bits per heavy atom. The van der Waals surface area contributed by atoms with Crippen LogP contribution in [0.15, 0.2) is 29.3 Å². The number of aromatic nitrogens is 2. The molecule has 1 aliphatic heterocycles. The number of nitrogens with zero attached hydrogens (tertiary/aromatic N) is 3. The van der Waals surface area contributed by atoms with Gasteiger partial charge in [0.15, 0.2) is 0 Å². The zero-order chi connectivity index (χ0) is 23.9. The number of carbonyl (C=O) groups is 2. The maximum atomic E-state index is 13.7. The summed E-state index contributed by atoms with van der Waals surface area (Å²) in [6.45, 7) is 0.548. The van der Waals surface area contributed by atoms with Crippen LogP contribution in [0.25, 0.3) is 10.2 Å². The number of likely N-dealkylation sites (tertiary alicyclic amines) is 1. The Balaban J connectivity index is 1.58. The lowest BCUT2D eigenvalue weighted by atomic mass is 10.1. The first kappa shape index (κ1) is 22.9. The van der Waals surface area contributed by atoms with Crippen molar-refractivity contribution >= 4 is 39.1 Å². The Kier molecular flexibility index (Phi) is 5.95. The summed E-state index contributed by atoms with van der Waals surface area (Å²) in [7, 11) is 0. The second kappa shape index (κ2) is 8.58. The number of amides is 2. The molecule has 3 heterocycles. The van der Waals surface area contributed by atoms with Crippen LogP contribution < -0.4 is 10.9 Å². The predicted octanol–water partition coefficient (Wildman–Crippen LogP) is 3.55. The molecule has 7 nitrogen and oxygen atoms in total. The van der Waals surface area contributed by atoms with E-state index in [1.165, 1.54) is 6.92 Å². The van der Waals surface area contributed by atoms with Gasteiger partial charge in [-0.2, -0.15) is 0 Å². The topological polar surface area (TPSA) is 84.3 Å². The van der Waals surface area contributed by atoms with Gasteiger partial charge in [-0.1, -0.05) is 0 Å². The molecule has 0 saturated carbocycles. The molecule has 3 aromatic rings. The molecule has 1 aromatic carbocycles. The first-order valence-electron chi connectivity index (χ1n) is 9.96. The van der Waals surface area contributed by atoms with Crippen LogP contribution in [0.4, 0.5) is 23.2 Å². The van der Waals surface area contributed by atoms with E-state index in [0.29, 0.717) is 11.6 Å². The van der Waals surface area contributed by atoms with Crippen LogP contribution in [0.1, 0.15) is 28.1 Å². The van der Waals surface area contributed by atoms with Crippen molar-refractivity contribution in [2.24, 2.45) is 0 Å². The van der Waals surface area contributed by atoms with E-state index in [-0.39, 0.29) is 40.2 Å². The summed E-state index contributed by atoms with van der Waals surface area (Å²) in [5, 5.41) is 2.41. The standard InChI is InChI=1S/C21H18F4N4O3S/c1-11-16-18(33-17(11)20(32)28-4-2-3-21(24,25)9-28)26-10-29(19(16)31)8-15(30)27-14-6-12(22)5-13(23)7-14/h5-7,10H,2-4,8-9H2,1H3,(H,27,30). The Bertz CT molecular complexity index is 1300. The van der Waals surface area contributed by atoms with Gasteiger partial charge in [-0.05, 0) is 31.0 Å². The molecule has 0 unspecified atom stereocenters. The fourth-order valence-corrected chi connectivity index (χ4v) is 4.85. The van der Waals surface area contributed by atoms with E-state index in [1.54, 1.807) is 0 Å². The third kappa shape index (κ3) is 4.75. The second-order valence-electron chi connectivity index (χ2n) is 7.81. The summed E-state index contributed by atoms with van der Waals surface area (Å²) in [5.41, 5.74) is -0.414. The number of piperidine rings is 1. The number of carbonyl (C=O) groups excluding carboxylic acids is 2. The van der Waals surface area contributed by atoms with Gasteiger partial charge in [0.2, 0.25) is 5.91 Å². The van der Waals surface area contributed by atoms with E-state index in [9.17, 15) is 31.9 Å². The number of fused-ring (bicyclic) bond motifs is 1. The number of thiophene rings is 1. The van der Waals surface area contributed by atoms with Crippen molar-refractivity contribution in [3.63, 3.8) is 0 Å². The molecule has 0 atom stereocenters. The van der Waals surface area contributed by atoms with Crippen LogP contribution >= 0.6 is 11.3 Å². The van der Waals surface area contributed by atoms with Gasteiger partial charge < -0.3 is 10.2 Å². The Morgan fingerprint density at radius 1 is 1.21 bits per heavy atom. The molecule has 12 heteroatoms. The van der Waals surface area contributed by atoms with Gasteiger partial charge in [0.05, 0.1) is 23.1 Å². The predicted molar refractivity (Wildman–Crippen MR) is 114 cm³/mol. The highest BCUT2D eigenvalue weighted by molar-refractivity contribution is 7.20. The second-order valence-corrected chi connectivity index (χ2v) is 8.81. The molecule has 1 saturated heterocycles. The van der Waals surface area contributed by atoms with Crippen molar-refractivity contribution in [3.05, 3.63) is 57.0 Å². The van der Waals surface area contributed by atoms with Crippen molar-refractivity contribution in [2.75, 3.05) is 18.4 Å². The van der Waals surface area contributed by atoms with Crippen LogP contribution in [-0.4, -0.2) is 45.3 Å². The number of anilines is 1. The molecule has 0 radical (unpaired) electrons. The third-order valence-electron chi connectivity index (χ3n) is 5.25. The van der Waals surface area contributed by atoms with E-state index in [1.807, 2.05) is 0 Å². The van der Waals surface area contributed by atoms with Crippen molar-refractivity contribution in [3.8, 4) is 0 Å². The number of hydrogen-bond donors (Lipinski definition) is 1. The fourth-order valence-electron chi connectivity index (χ4n) is 3.74. The largest absolute Gasteiger partial charge is 0.332 e. The maximum Gasteiger partial charge on any atom is 0.265 e. The number of benzene rings is 1. The lowest BCUT2D eigenvalue weighted by Gasteiger charge is -2.32. The summed E-state index contributed by atoms with van der Waals surface area (Å²) in [6.07, 6.45) is 1.02. The van der Waals surface area contributed by atoms with E-state index >= 15 is 0 Å². The summed E-state index contributed by atoms with van der Waals surface area (Å²) in [5.74, 6) is -6.01. The van der Waals surface area contributed by atoms with E-state index in [2.05, 4.69) is 10.3 Å². The number of halogens is 4. The van der Waals surface area contributed by atoms with Crippen molar-refractivity contribution in [1.29, 1.82) is 0 Å². The van der Waals surface area contributed by atoms with Crippen LogP contribution in [0.2, 0.25) is 0 Å². The smallest absolute Gasteiger partial charge is 0.265 e. The van der Waals surface area contributed by atoms with Gasteiger partial charge in [0.1, 0.15) is 23.0 Å². The van der Waals surface area contributed by atoms with Gasteiger partial charge in [0.25, 0.3) is 17.4 Å². The molecule has 0 bridgehead atoms. The molecule has 0 aliphatic carbocycles. The Hall–Kier alpha value is -3.28. The van der Waals surface area contributed by atoms with Crippen molar-refractivity contribution in [2.45, 2.75) is 32.2 Å². The highest BCUT2D eigenvalue weighted by atomic mass is 32.1. The Labute approximate surface area is 188 Å². The summed E-state index contributed by atoms with van der Waals surface area (Å²) in [4.78, 5) is 43.7. The van der Waals surface area contributed by atoms with Gasteiger partial charge in [-0.25, -0.2) is 22.5 Å². The SMILES string of the molecule is Cc1c(C(=O)N2CCCC(F)(F)C2)sc2ncn(CC(=O)Nc3cc(F)cc(F)c3)c(=O)c12.